The van der Waals surface area contributed by atoms with E-state index >= 15 is 0 Å². The maximum absolute atomic E-state index is 13.3. The summed E-state index contributed by atoms with van der Waals surface area (Å²) in [6, 6.07) is 0.141. The maximum atomic E-state index is 13.3. The van der Waals surface area contributed by atoms with Gasteiger partial charge in [0, 0.05) is 19.0 Å². The maximum Gasteiger partial charge on any atom is 0.253 e. The van der Waals surface area contributed by atoms with Crippen LogP contribution in [0.3, 0.4) is 0 Å². The van der Waals surface area contributed by atoms with Gasteiger partial charge in [0.2, 0.25) is 17.5 Å². The normalized spacial score (nSPS) is 15.2. The quantitative estimate of drug-likeness (QED) is 0.649. The molecule has 0 spiro atoms. The molecule has 2 N–H and O–H groups in total. The van der Waals surface area contributed by atoms with Crippen molar-refractivity contribution in [1.82, 2.24) is 10.3 Å². The van der Waals surface area contributed by atoms with Gasteiger partial charge in [-0.15, -0.1) is 0 Å². The van der Waals surface area contributed by atoms with Crippen molar-refractivity contribution in [3.05, 3.63) is 23.5 Å². The monoisotopic (exact) mass is 305 g/mol. The van der Waals surface area contributed by atoms with E-state index in [4.69, 9.17) is 0 Å². The fraction of sp³-hybridized carbons (Fsp3) is 0.538. The third kappa shape index (κ3) is 3.83. The number of nitrogens with one attached hydrogen (secondary N) is 2. The molecule has 1 heterocycles. The highest BCUT2D eigenvalue weighted by molar-refractivity contribution is 5.76. The van der Waals surface area contributed by atoms with Crippen LogP contribution >= 0.6 is 0 Å². The molecule has 2 rings (SSSR count). The van der Waals surface area contributed by atoms with Crippen LogP contribution in [0.25, 0.3) is 0 Å². The molecule has 0 radical (unpaired) electrons. The van der Waals surface area contributed by atoms with E-state index in [0.717, 1.165) is 25.7 Å². The lowest BCUT2D eigenvalue weighted by Gasteiger charge is -2.13. The molecule has 1 aliphatic rings. The molecule has 1 aromatic rings. The van der Waals surface area contributed by atoms with Crippen LogP contribution in [-0.4, -0.2) is 23.5 Å². The summed E-state index contributed by atoms with van der Waals surface area (Å²) in [6.45, 7) is -0.144. The molecule has 4 nitrogen and oxygen atoms in total. The predicted octanol–water partition coefficient (Wildman–Crippen LogP) is 2.50. The number of carbonyl (C=O) groups is 1. The lowest BCUT2D eigenvalue weighted by molar-refractivity contribution is -0.121. The van der Waals surface area contributed by atoms with Crippen LogP contribution in [0.1, 0.15) is 32.1 Å². The molecule has 0 bridgehead atoms. The number of rotatable bonds is 5. The average Bonchev–Trinajstić information content (AvgIpc) is 2.93. The lowest BCUT2D eigenvalue weighted by Crippen LogP contribution is -2.33. The number of anilines is 1. The summed E-state index contributed by atoms with van der Waals surface area (Å²) in [7, 11) is 0. The van der Waals surface area contributed by atoms with Gasteiger partial charge in [-0.1, -0.05) is 12.8 Å². The molecule has 1 saturated carbocycles. The van der Waals surface area contributed by atoms with E-state index in [-0.39, 0.29) is 24.9 Å². The molecule has 1 fully saturated rings. The first-order valence-electron chi connectivity index (χ1n) is 6.72. The molecule has 116 valence electrons. The Labute approximate surface area is 118 Å². The molecule has 1 amide bonds. The Morgan fingerprint density at radius 1 is 1.10 bits per heavy atom. The number of hydrogen-bond acceptors (Lipinski definition) is 3. The number of aromatic nitrogens is 1. The van der Waals surface area contributed by atoms with Gasteiger partial charge in [-0.3, -0.25) is 4.79 Å². The molecule has 0 saturated heterocycles. The summed E-state index contributed by atoms with van der Waals surface area (Å²) in [5, 5.41) is 4.98. The number of amides is 1. The van der Waals surface area contributed by atoms with E-state index in [0.29, 0.717) is 0 Å². The SMILES string of the molecule is O=C(CCNc1c(F)c(F)nc(F)c1F)NC1CCCC1. The van der Waals surface area contributed by atoms with Crippen molar-refractivity contribution in [2.24, 2.45) is 0 Å². The van der Waals surface area contributed by atoms with E-state index in [1.807, 2.05) is 0 Å². The molecule has 0 aromatic carbocycles. The highest BCUT2D eigenvalue weighted by Gasteiger charge is 2.21. The summed E-state index contributed by atoms with van der Waals surface area (Å²) in [5.74, 6) is -6.95. The number of carbonyl (C=O) groups excluding carboxylic acids is 1. The van der Waals surface area contributed by atoms with Crippen molar-refractivity contribution in [1.29, 1.82) is 0 Å². The molecular weight excluding hydrogens is 290 g/mol. The first kappa shape index (κ1) is 15.5. The van der Waals surface area contributed by atoms with Gasteiger partial charge in [0.1, 0.15) is 5.69 Å². The Balaban J connectivity index is 1.87. The standard InChI is InChI=1S/C13H15F4N3O/c14-9-11(10(15)13(17)20-12(9)16)18-6-5-8(21)19-7-3-1-2-4-7/h7H,1-6H2,(H,18,20)(H,19,21). The van der Waals surface area contributed by atoms with Gasteiger partial charge in [0.25, 0.3) is 11.9 Å². The topological polar surface area (TPSA) is 54.0 Å². The highest BCUT2D eigenvalue weighted by atomic mass is 19.2. The Morgan fingerprint density at radius 3 is 2.24 bits per heavy atom. The van der Waals surface area contributed by atoms with Crippen LogP contribution in [-0.2, 0) is 4.79 Å². The second-order valence-electron chi connectivity index (χ2n) is 4.92. The largest absolute Gasteiger partial charge is 0.379 e. The zero-order valence-corrected chi connectivity index (χ0v) is 11.2. The van der Waals surface area contributed by atoms with E-state index in [2.05, 4.69) is 15.6 Å². The molecule has 0 unspecified atom stereocenters. The van der Waals surface area contributed by atoms with E-state index in [1.54, 1.807) is 0 Å². The van der Waals surface area contributed by atoms with Gasteiger partial charge in [0.05, 0.1) is 0 Å². The number of pyridine rings is 1. The Kier molecular flexibility index (Phi) is 4.98. The smallest absolute Gasteiger partial charge is 0.253 e. The van der Waals surface area contributed by atoms with Crippen LogP contribution < -0.4 is 10.6 Å². The fourth-order valence-electron chi connectivity index (χ4n) is 2.31. The molecule has 1 aliphatic carbocycles. The van der Waals surface area contributed by atoms with Gasteiger partial charge >= 0.3 is 0 Å². The molecule has 1 aromatic heterocycles. The van der Waals surface area contributed by atoms with Gasteiger partial charge in [-0.05, 0) is 12.8 Å². The average molecular weight is 305 g/mol. The van der Waals surface area contributed by atoms with Crippen LogP contribution in [0, 0.1) is 23.5 Å². The predicted molar refractivity (Wildman–Crippen MR) is 67.6 cm³/mol. The third-order valence-corrected chi connectivity index (χ3v) is 3.37. The van der Waals surface area contributed by atoms with Gasteiger partial charge < -0.3 is 10.6 Å². The summed E-state index contributed by atoms with van der Waals surface area (Å²) in [4.78, 5) is 14.0. The minimum atomic E-state index is -1.73. The lowest BCUT2D eigenvalue weighted by atomic mass is 10.2. The van der Waals surface area contributed by atoms with Crippen molar-refractivity contribution in [2.45, 2.75) is 38.1 Å². The zero-order chi connectivity index (χ0) is 15.4. The van der Waals surface area contributed by atoms with Crippen molar-refractivity contribution in [2.75, 3.05) is 11.9 Å². The van der Waals surface area contributed by atoms with E-state index < -0.39 is 29.2 Å². The van der Waals surface area contributed by atoms with Crippen molar-refractivity contribution in [3.8, 4) is 0 Å². The van der Waals surface area contributed by atoms with E-state index in [9.17, 15) is 22.4 Å². The van der Waals surface area contributed by atoms with Crippen LogP contribution in [0.2, 0.25) is 0 Å². The van der Waals surface area contributed by atoms with E-state index in [1.165, 1.54) is 0 Å². The first-order chi connectivity index (χ1) is 9.99. The van der Waals surface area contributed by atoms with Crippen LogP contribution in [0.15, 0.2) is 0 Å². The van der Waals surface area contributed by atoms with Gasteiger partial charge in [-0.25, -0.2) is 0 Å². The zero-order valence-electron chi connectivity index (χ0n) is 11.2. The molecule has 0 atom stereocenters. The molecule has 21 heavy (non-hydrogen) atoms. The number of hydrogen-bond donors (Lipinski definition) is 2. The summed E-state index contributed by atoms with van der Waals surface area (Å²) in [6.07, 6.45) is 3.91. The minimum Gasteiger partial charge on any atom is -0.379 e. The Morgan fingerprint density at radius 2 is 1.67 bits per heavy atom. The summed E-state index contributed by atoms with van der Waals surface area (Å²) >= 11 is 0. The minimum absolute atomic E-state index is 0.0546. The highest BCUT2D eigenvalue weighted by Crippen LogP contribution is 2.22. The van der Waals surface area contributed by atoms with Crippen LogP contribution in [0.5, 0.6) is 0 Å². The second kappa shape index (κ2) is 6.73. The third-order valence-electron chi connectivity index (χ3n) is 3.37. The molecule has 0 aliphatic heterocycles. The van der Waals surface area contributed by atoms with Crippen LogP contribution in [0.4, 0.5) is 23.2 Å². The van der Waals surface area contributed by atoms with Gasteiger partial charge in [-0.2, -0.15) is 22.5 Å². The molecule has 8 heteroatoms. The van der Waals surface area contributed by atoms with Gasteiger partial charge in [0.15, 0.2) is 0 Å². The number of nitrogens with zero attached hydrogens (tertiary/aromatic N) is 1. The van der Waals surface area contributed by atoms with Crippen molar-refractivity contribution in [3.63, 3.8) is 0 Å². The summed E-state index contributed by atoms with van der Waals surface area (Å²) in [5.41, 5.74) is -0.950. The second-order valence-corrected chi connectivity index (χ2v) is 4.92. The van der Waals surface area contributed by atoms with Crippen molar-refractivity contribution < 1.29 is 22.4 Å². The first-order valence-corrected chi connectivity index (χ1v) is 6.72. The number of halogens is 4. The Hall–Kier alpha value is -1.86. The van der Waals surface area contributed by atoms with Crippen molar-refractivity contribution >= 4 is 11.6 Å². The Bertz CT molecular complexity index is 506. The summed E-state index contributed by atoms with van der Waals surface area (Å²) < 4.78 is 52.3. The fourth-order valence-corrected chi connectivity index (χ4v) is 2.31. The molecular formula is C13H15F4N3O.